The molecule has 0 radical (unpaired) electrons. The van der Waals surface area contributed by atoms with Crippen molar-refractivity contribution in [2.24, 2.45) is 0 Å². The fourth-order valence-corrected chi connectivity index (χ4v) is 4.04. The molecular formula is C17H15NO2S2. The Bertz CT molecular complexity index is 867. The minimum atomic E-state index is -3.54. The Morgan fingerprint density at radius 2 is 1.64 bits per heavy atom. The topological polar surface area (TPSA) is 46.2 Å². The quantitative estimate of drug-likeness (QED) is 0.764. The van der Waals surface area contributed by atoms with E-state index >= 15 is 0 Å². The van der Waals surface area contributed by atoms with Crippen molar-refractivity contribution in [2.75, 3.05) is 4.72 Å². The molecule has 0 aliphatic rings. The zero-order valence-corrected chi connectivity index (χ0v) is 13.6. The molecule has 1 heterocycles. The van der Waals surface area contributed by atoms with Crippen molar-refractivity contribution in [2.45, 2.75) is 11.8 Å². The van der Waals surface area contributed by atoms with Crippen molar-refractivity contribution < 1.29 is 8.42 Å². The van der Waals surface area contributed by atoms with Gasteiger partial charge in [-0.25, -0.2) is 8.42 Å². The van der Waals surface area contributed by atoms with Gasteiger partial charge in [-0.15, -0.1) is 11.3 Å². The standard InChI is InChI=1S/C17H15NO2S2/c1-13-7-9-16(10-8-13)22(19,20)18-15-11-17(21-12-15)14-5-3-2-4-6-14/h2-12,18H,1H3. The molecule has 0 unspecified atom stereocenters. The van der Waals surface area contributed by atoms with Crippen LogP contribution in [0.15, 0.2) is 70.9 Å². The summed E-state index contributed by atoms with van der Waals surface area (Å²) in [6.45, 7) is 1.93. The summed E-state index contributed by atoms with van der Waals surface area (Å²) in [7, 11) is -3.54. The van der Waals surface area contributed by atoms with Crippen LogP contribution in [-0.2, 0) is 10.0 Å². The number of sulfonamides is 1. The predicted molar refractivity (Wildman–Crippen MR) is 91.7 cm³/mol. The fourth-order valence-electron chi connectivity index (χ4n) is 2.08. The van der Waals surface area contributed by atoms with Crippen LogP contribution in [0, 0.1) is 6.92 Å². The van der Waals surface area contributed by atoms with Gasteiger partial charge in [0.05, 0.1) is 10.6 Å². The molecule has 0 aliphatic carbocycles. The summed E-state index contributed by atoms with van der Waals surface area (Å²) in [5.41, 5.74) is 2.69. The summed E-state index contributed by atoms with van der Waals surface area (Å²) < 4.78 is 27.3. The molecule has 0 atom stereocenters. The van der Waals surface area contributed by atoms with Gasteiger partial charge in [0.1, 0.15) is 0 Å². The zero-order valence-electron chi connectivity index (χ0n) is 12.0. The van der Waals surface area contributed by atoms with E-state index in [1.54, 1.807) is 24.3 Å². The lowest BCUT2D eigenvalue weighted by Gasteiger charge is -2.06. The maximum Gasteiger partial charge on any atom is 0.261 e. The molecule has 0 amide bonds. The molecule has 112 valence electrons. The van der Waals surface area contributed by atoms with Crippen molar-refractivity contribution in [3.63, 3.8) is 0 Å². The van der Waals surface area contributed by atoms with E-state index in [0.717, 1.165) is 16.0 Å². The van der Waals surface area contributed by atoms with Gasteiger partial charge in [-0.3, -0.25) is 4.72 Å². The van der Waals surface area contributed by atoms with E-state index in [9.17, 15) is 8.42 Å². The van der Waals surface area contributed by atoms with Gasteiger partial charge in [0.15, 0.2) is 0 Å². The molecule has 1 aromatic heterocycles. The third kappa shape index (κ3) is 3.21. The van der Waals surface area contributed by atoms with Crippen LogP contribution in [0.25, 0.3) is 10.4 Å². The van der Waals surface area contributed by atoms with Gasteiger partial charge < -0.3 is 0 Å². The smallest absolute Gasteiger partial charge is 0.261 e. The molecular weight excluding hydrogens is 314 g/mol. The summed E-state index contributed by atoms with van der Waals surface area (Å²) in [4.78, 5) is 1.30. The molecule has 3 aromatic rings. The predicted octanol–water partition coefficient (Wildman–Crippen LogP) is 4.52. The summed E-state index contributed by atoms with van der Waals surface area (Å²) in [6, 6.07) is 18.5. The van der Waals surface area contributed by atoms with Crippen molar-refractivity contribution in [3.8, 4) is 10.4 Å². The minimum Gasteiger partial charge on any atom is -0.279 e. The Hall–Kier alpha value is -2.11. The van der Waals surface area contributed by atoms with Crippen LogP contribution in [0.1, 0.15) is 5.56 Å². The average Bonchev–Trinajstić information content (AvgIpc) is 2.96. The SMILES string of the molecule is Cc1ccc(S(=O)(=O)Nc2csc(-c3ccccc3)c2)cc1. The van der Waals surface area contributed by atoms with E-state index in [1.807, 2.05) is 48.7 Å². The summed E-state index contributed by atoms with van der Waals surface area (Å²) in [5.74, 6) is 0. The molecule has 0 fully saturated rings. The van der Waals surface area contributed by atoms with Gasteiger partial charge in [0, 0.05) is 10.3 Å². The first-order valence-corrected chi connectivity index (χ1v) is 9.14. The Morgan fingerprint density at radius 1 is 0.955 bits per heavy atom. The molecule has 3 rings (SSSR count). The molecule has 0 bridgehead atoms. The number of anilines is 1. The van der Waals surface area contributed by atoms with Crippen molar-refractivity contribution in [1.29, 1.82) is 0 Å². The first-order chi connectivity index (χ1) is 10.5. The van der Waals surface area contributed by atoms with Crippen molar-refractivity contribution in [3.05, 3.63) is 71.6 Å². The van der Waals surface area contributed by atoms with Gasteiger partial charge in [0.2, 0.25) is 0 Å². The first kappa shape index (κ1) is 14.8. The van der Waals surface area contributed by atoms with Crippen LogP contribution in [0.5, 0.6) is 0 Å². The molecule has 22 heavy (non-hydrogen) atoms. The summed E-state index contributed by atoms with van der Waals surface area (Å²) >= 11 is 1.51. The minimum absolute atomic E-state index is 0.269. The number of nitrogens with one attached hydrogen (secondary N) is 1. The van der Waals surface area contributed by atoms with Crippen LogP contribution in [-0.4, -0.2) is 8.42 Å². The van der Waals surface area contributed by atoms with E-state index in [4.69, 9.17) is 0 Å². The summed E-state index contributed by atoms with van der Waals surface area (Å²) in [6.07, 6.45) is 0. The second-order valence-corrected chi connectivity index (χ2v) is 7.58. The largest absolute Gasteiger partial charge is 0.279 e. The number of aryl methyl sites for hydroxylation is 1. The van der Waals surface area contributed by atoms with Crippen LogP contribution in [0.2, 0.25) is 0 Å². The van der Waals surface area contributed by atoms with Gasteiger partial charge in [-0.05, 0) is 30.7 Å². The Kier molecular flexibility index (Phi) is 4.00. The molecule has 0 saturated carbocycles. The second kappa shape index (κ2) is 5.94. The lowest BCUT2D eigenvalue weighted by molar-refractivity contribution is 0.601. The molecule has 3 nitrogen and oxygen atoms in total. The van der Waals surface area contributed by atoms with Gasteiger partial charge in [0.25, 0.3) is 10.0 Å². The molecule has 0 spiro atoms. The first-order valence-electron chi connectivity index (χ1n) is 6.78. The lowest BCUT2D eigenvalue weighted by atomic mass is 10.2. The number of benzene rings is 2. The third-order valence-electron chi connectivity index (χ3n) is 3.24. The fraction of sp³-hybridized carbons (Fsp3) is 0.0588. The number of hydrogen-bond donors (Lipinski definition) is 1. The van der Waals surface area contributed by atoms with Gasteiger partial charge >= 0.3 is 0 Å². The highest BCUT2D eigenvalue weighted by Gasteiger charge is 2.14. The highest BCUT2D eigenvalue weighted by atomic mass is 32.2. The average molecular weight is 329 g/mol. The highest BCUT2D eigenvalue weighted by Crippen LogP contribution is 2.30. The maximum absolute atomic E-state index is 12.4. The van der Waals surface area contributed by atoms with Crippen molar-refractivity contribution in [1.82, 2.24) is 0 Å². The van der Waals surface area contributed by atoms with E-state index in [2.05, 4.69) is 4.72 Å². The Balaban J connectivity index is 1.84. The van der Waals surface area contributed by atoms with E-state index in [1.165, 1.54) is 11.3 Å². The Morgan fingerprint density at radius 3 is 2.32 bits per heavy atom. The number of hydrogen-bond acceptors (Lipinski definition) is 3. The van der Waals surface area contributed by atoms with Gasteiger partial charge in [-0.1, -0.05) is 48.0 Å². The van der Waals surface area contributed by atoms with Crippen LogP contribution >= 0.6 is 11.3 Å². The molecule has 5 heteroatoms. The number of thiophene rings is 1. The normalized spacial score (nSPS) is 11.3. The number of rotatable bonds is 4. The van der Waals surface area contributed by atoms with Crippen molar-refractivity contribution >= 4 is 27.0 Å². The molecule has 0 aliphatic heterocycles. The third-order valence-corrected chi connectivity index (χ3v) is 5.62. The molecule has 0 saturated heterocycles. The second-order valence-electron chi connectivity index (χ2n) is 4.98. The van der Waals surface area contributed by atoms with E-state index < -0.39 is 10.0 Å². The van der Waals surface area contributed by atoms with Crippen LogP contribution in [0.3, 0.4) is 0 Å². The zero-order chi connectivity index (χ0) is 15.6. The van der Waals surface area contributed by atoms with E-state index in [0.29, 0.717) is 5.69 Å². The van der Waals surface area contributed by atoms with Crippen LogP contribution < -0.4 is 4.72 Å². The Labute approximate surface area is 134 Å². The maximum atomic E-state index is 12.4. The monoisotopic (exact) mass is 329 g/mol. The molecule has 2 aromatic carbocycles. The highest BCUT2D eigenvalue weighted by molar-refractivity contribution is 7.92. The van der Waals surface area contributed by atoms with Gasteiger partial charge in [-0.2, -0.15) is 0 Å². The molecule has 1 N–H and O–H groups in total. The van der Waals surface area contributed by atoms with E-state index in [-0.39, 0.29) is 4.90 Å². The van der Waals surface area contributed by atoms with Crippen LogP contribution in [0.4, 0.5) is 5.69 Å². The lowest BCUT2D eigenvalue weighted by Crippen LogP contribution is -2.12. The summed E-state index contributed by atoms with van der Waals surface area (Å²) in [5, 5.41) is 1.81.